The second-order valence-corrected chi connectivity index (χ2v) is 12.9. The Morgan fingerprint density at radius 2 is 1.86 bits per heavy atom. The van der Waals surface area contributed by atoms with Crippen molar-refractivity contribution in [3.05, 3.63) is 101 Å². The summed E-state index contributed by atoms with van der Waals surface area (Å²) in [6.07, 6.45) is 5.21. The summed E-state index contributed by atoms with van der Waals surface area (Å²) in [5, 5.41) is 6.04. The number of aromatic nitrogens is 3. The Bertz CT molecular complexity index is 1700. The molecule has 2 heterocycles. The molecule has 3 aromatic rings. The summed E-state index contributed by atoms with van der Waals surface area (Å²) in [7, 11) is -3.79. The van der Waals surface area contributed by atoms with E-state index in [4.69, 9.17) is 5.73 Å². The van der Waals surface area contributed by atoms with Gasteiger partial charge in [0.05, 0.1) is 23.2 Å². The van der Waals surface area contributed by atoms with Gasteiger partial charge in [0, 0.05) is 30.9 Å². The molecule has 44 heavy (non-hydrogen) atoms. The molecule has 1 amide bonds. The standard InChI is InChI=1S/C30H32F4N6O3S/c1-44(42,43)39-29(12-9-19-5-6-19,21-10-13-36-14-11-21)22-7-8-24(31)25(16-22)37-28(41)26-17-27(30(32,33)34)38-40(26)23-4-2-3-20(15-23)18-35/h2-4,8,10-11,13-17,19,22,39H,5-7,9,12,18,35H2,1H3,(H,37,41). The van der Waals surface area contributed by atoms with Crippen LogP contribution in [0.25, 0.3) is 5.69 Å². The third kappa shape index (κ3) is 7.08. The van der Waals surface area contributed by atoms with Gasteiger partial charge in [-0.25, -0.2) is 22.2 Å². The van der Waals surface area contributed by atoms with Crippen LogP contribution in [-0.2, 0) is 28.3 Å². The summed E-state index contributed by atoms with van der Waals surface area (Å²) >= 11 is 0. The number of hydrogen-bond donors (Lipinski definition) is 3. The van der Waals surface area contributed by atoms with E-state index in [1.54, 1.807) is 24.3 Å². The SMILES string of the molecule is CS(=O)(=O)NC(CCC1CC1)(c1ccncc1)C1C=C(NC(=O)c2cc(C(F)(F)F)nn2-c2cccc(CN)c2)C(F)=CC1. The zero-order valence-electron chi connectivity index (χ0n) is 23.8. The van der Waals surface area contributed by atoms with Crippen LogP contribution in [0.4, 0.5) is 17.6 Å². The minimum atomic E-state index is -4.85. The fourth-order valence-corrected chi connectivity index (χ4v) is 6.59. The zero-order chi connectivity index (χ0) is 31.7. The van der Waals surface area contributed by atoms with Gasteiger partial charge >= 0.3 is 6.18 Å². The van der Waals surface area contributed by atoms with E-state index in [-0.39, 0.29) is 24.4 Å². The van der Waals surface area contributed by atoms with Crippen LogP contribution < -0.4 is 15.8 Å². The molecule has 2 unspecified atom stereocenters. The number of rotatable bonds is 11. The first kappa shape index (κ1) is 31.5. The number of nitrogens with one attached hydrogen (secondary N) is 2. The van der Waals surface area contributed by atoms with Gasteiger partial charge in [-0.1, -0.05) is 31.1 Å². The second kappa shape index (κ2) is 12.3. The normalized spacial score (nSPS) is 18.7. The van der Waals surface area contributed by atoms with Gasteiger partial charge in [-0.05, 0) is 66.6 Å². The Morgan fingerprint density at radius 3 is 2.50 bits per heavy atom. The van der Waals surface area contributed by atoms with Crippen molar-refractivity contribution in [2.45, 2.75) is 50.4 Å². The quantitative estimate of drug-likeness (QED) is 0.259. The fourth-order valence-electron chi connectivity index (χ4n) is 5.56. The van der Waals surface area contributed by atoms with Crippen LogP contribution in [0.3, 0.4) is 0 Å². The average molecular weight is 633 g/mol. The predicted molar refractivity (Wildman–Crippen MR) is 155 cm³/mol. The van der Waals surface area contributed by atoms with E-state index in [9.17, 15) is 26.4 Å². The summed E-state index contributed by atoms with van der Waals surface area (Å²) in [5.74, 6) is -2.06. The molecular formula is C30H32F4N6O3S. The molecule has 2 aliphatic rings. The van der Waals surface area contributed by atoms with Crippen LogP contribution in [0.2, 0.25) is 0 Å². The van der Waals surface area contributed by atoms with Gasteiger partial charge in [0.2, 0.25) is 10.0 Å². The summed E-state index contributed by atoms with van der Waals surface area (Å²) in [4.78, 5) is 17.6. The largest absolute Gasteiger partial charge is 0.435 e. The number of amides is 1. The molecule has 0 spiro atoms. The minimum Gasteiger partial charge on any atom is -0.326 e. The highest BCUT2D eigenvalue weighted by Gasteiger charge is 2.44. The lowest BCUT2D eigenvalue weighted by Gasteiger charge is -2.41. The van der Waals surface area contributed by atoms with Crippen molar-refractivity contribution in [1.82, 2.24) is 24.8 Å². The van der Waals surface area contributed by atoms with E-state index in [0.29, 0.717) is 36.0 Å². The lowest BCUT2D eigenvalue weighted by molar-refractivity contribution is -0.141. The number of nitrogens with zero attached hydrogens (tertiary/aromatic N) is 3. The second-order valence-electron chi connectivity index (χ2n) is 11.2. The molecule has 0 bridgehead atoms. The van der Waals surface area contributed by atoms with E-state index < -0.39 is 50.8 Å². The molecule has 14 heteroatoms. The van der Waals surface area contributed by atoms with Crippen molar-refractivity contribution in [2.24, 2.45) is 17.6 Å². The van der Waals surface area contributed by atoms with Crippen LogP contribution in [0.15, 0.2) is 78.5 Å². The number of pyridine rings is 1. The highest BCUT2D eigenvalue weighted by molar-refractivity contribution is 7.88. The van der Waals surface area contributed by atoms with E-state index in [0.717, 1.165) is 23.8 Å². The Hall–Kier alpha value is -3.88. The molecule has 234 valence electrons. The van der Waals surface area contributed by atoms with E-state index in [1.807, 2.05) is 0 Å². The highest BCUT2D eigenvalue weighted by Crippen LogP contribution is 2.45. The molecule has 2 aliphatic carbocycles. The van der Waals surface area contributed by atoms with Crippen molar-refractivity contribution in [2.75, 3.05) is 6.26 Å². The predicted octanol–water partition coefficient (Wildman–Crippen LogP) is 4.87. The molecule has 0 aliphatic heterocycles. The van der Waals surface area contributed by atoms with Gasteiger partial charge in [-0.3, -0.25) is 9.78 Å². The number of hydrogen-bond acceptors (Lipinski definition) is 6. The van der Waals surface area contributed by atoms with Crippen LogP contribution in [0, 0.1) is 11.8 Å². The van der Waals surface area contributed by atoms with Gasteiger partial charge in [-0.15, -0.1) is 0 Å². The molecular weight excluding hydrogens is 600 g/mol. The van der Waals surface area contributed by atoms with Crippen molar-refractivity contribution < 1.29 is 30.8 Å². The van der Waals surface area contributed by atoms with Crippen molar-refractivity contribution in [3.8, 4) is 5.69 Å². The number of nitrogens with two attached hydrogens (primary N) is 1. The van der Waals surface area contributed by atoms with Crippen LogP contribution in [-0.4, -0.2) is 35.3 Å². The summed E-state index contributed by atoms with van der Waals surface area (Å²) in [6, 6.07) is 10.2. The summed E-state index contributed by atoms with van der Waals surface area (Å²) < 4.78 is 85.4. The highest BCUT2D eigenvalue weighted by atomic mass is 32.2. The van der Waals surface area contributed by atoms with E-state index >= 15 is 4.39 Å². The van der Waals surface area contributed by atoms with Gasteiger partial charge < -0.3 is 11.1 Å². The Morgan fingerprint density at radius 1 is 1.14 bits per heavy atom. The summed E-state index contributed by atoms with van der Waals surface area (Å²) in [6.45, 7) is 0.106. The molecule has 0 radical (unpaired) electrons. The number of carbonyl (C=O) groups is 1. The molecule has 0 saturated heterocycles. The molecule has 2 atom stereocenters. The number of carbonyl (C=O) groups excluding carboxylic acids is 1. The van der Waals surface area contributed by atoms with Crippen LogP contribution in [0.1, 0.15) is 59.4 Å². The van der Waals surface area contributed by atoms with Gasteiger partial charge in [0.1, 0.15) is 11.5 Å². The molecule has 2 aromatic heterocycles. The smallest absolute Gasteiger partial charge is 0.326 e. The van der Waals surface area contributed by atoms with Crippen molar-refractivity contribution in [1.29, 1.82) is 0 Å². The van der Waals surface area contributed by atoms with Crippen LogP contribution >= 0.6 is 0 Å². The van der Waals surface area contributed by atoms with Crippen LogP contribution in [0.5, 0.6) is 0 Å². The van der Waals surface area contributed by atoms with E-state index in [1.165, 1.54) is 36.7 Å². The zero-order valence-corrected chi connectivity index (χ0v) is 24.6. The number of benzene rings is 1. The Labute approximate surface area is 252 Å². The monoisotopic (exact) mass is 632 g/mol. The Balaban J connectivity index is 1.54. The molecule has 1 saturated carbocycles. The number of alkyl halides is 3. The van der Waals surface area contributed by atoms with Gasteiger partial charge in [0.15, 0.2) is 5.69 Å². The number of allylic oxidation sites excluding steroid dienone is 2. The maximum atomic E-state index is 15.3. The summed E-state index contributed by atoms with van der Waals surface area (Å²) in [5.41, 5.74) is 3.79. The first-order valence-electron chi connectivity index (χ1n) is 14.0. The first-order valence-corrected chi connectivity index (χ1v) is 15.9. The number of halogens is 4. The maximum Gasteiger partial charge on any atom is 0.435 e. The molecule has 1 fully saturated rings. The average Bonchev–Trinajstić information content (AvgIpc) is 3.70. The minimum absolute atomic E-state index is 0.0999. The molecule has 5 rings (SSSR count). The van der Waals surface area contributed by atoms with Gasteiger partial charge in [0.25, 0.3) is 5.91 Å². The lowest BCUT2D eigenvalue weighted by atomic mass is 9.72. The van der Waals surface area contributed by atoms with E-state index in [2.05, 4.69) is 20.1 Å². The number of sulfonamides is 1. The molecule has 1 aromatic carbocycles. The van der Waals surface area contributed by atoms with Crippen molar-refractivity contribution in [3.63, 3.8) is 0 Å². The third-order valence-electron chi connectivity index (χ3n) is 7.89. The Kier molecular flexibility index (Phi) is 8.78. The van der Waals surface area contributed by atoms with Crippen molar-refractivity contribution >= 4 is 15.9 Å². The fraction of sp³-hybridized carbons (Fsp3) is 0.367. The third-order valence-corrected chi connectivity index (χ3v) is 8.62. The van der Waals surface area contributed by atoms with Gasteiger partial charge in [-0.2, -0.15) is 18.3 Å². The molecule has 4 N–H and O–H groups in total. The maximum absolute atomic E-state index is 15.3. The molecule has 9 nitrogen and oxygen atoms in total. The lowest BCUT2D eigenvalue weighted by Crippen LogP contribution is -2.51. The first-order chi connectivity index (χ1) is 20.8. The topological polar surface area (TPSA) is 132 Å².